The molecule has 1 heterocycles. The summed E-state index contributed by atoms with van der Waals surface area (Å²) >= 11 is 6.13. The van der Waals surface area contributed by atoms with Gasteiger partial charge in [0.1, 0.15) is 0 Å². The average Bonchev–Trinajstić information content (AvgIpc) is 2.66. The number of carboxylic acid groups (broad SMARTS) is 1. The lowest BCUT2D eigenvalue weighted by Crippen LogP contribution is -2.52. The summed E-state index contributed by atoms with van der Waals surface area (Å²) in [6, 6.07) is 7.48. The molecule has 1 aliphatic heterocycles. The van der Waals surface area contributed by atoms with Gasteiger partial charge in [0, 0.05) is 0 Å². The van der Waals surface area contributed by atoms with Crippen LogP contribution in [0.3, 0.4) is 0 Å². The van der Waals surface area contributed by atoms with E-state index in [0.717, 1.165) is 0 Å². The van der Waals surface area contributed by atoms with Crippen molar-refractivity contribution < 1.29 is 38.7 Å². The number of esters is 1. The molecule has 2 N–H and O–H groups in total. The van der Waals surface area contributed by atoms with Crippen molar-refractivity contribution in [3.63, 3.8) is 0 Å². The quantitative estimate of drug-likeness (QED) is 0.725. The lowest BCUT2D eigenvalue weighted by Gasteiger charge is -2.37. The molecule has 2 aromatic carbocycles. The third-order valence-electron chi connectivity index (χ3n) is 4.53. The molecule has 0 aliphatic carbocycles. The average molecular weight is 409 g/mol. The molecular weight excluding hydrogens is 392 g/mol. The zero-order valence-corrected chi connectivity index (χ0v) is 15.9. The minimum atomic E-state index is -2.86. The highest BCUT2D eigenvalue weighted by molar-refractivity contribution is 6.34. The molecule has 0 aromatic heterocycles. The Kier molecular flexibility index (Phi) is 5.10. The van der Waals surface area contributed by atoms with Crippen LogP contribution >= 0.6 is 11.6 Å². The van der Waals surface area contributed by atoms with Gasteiger partial charge in [-0.15, -0.1) is 0 Å². The minimum Gasteiger partial charge on any atom is -0.493 e. The summed E-state index contributed by atoms with van der Waals surface area (Å²) in [7, 11) is 4.22. The van der Waals surface area contributed by atoms with Gasteiger partial charge in [-0.3, -0.25) is 0 Å². The molecule has 2 unspecified atom stereocenters. The Morgan fingerprint density at radius 1 is 1.14 bits per heavy atom. The van der Waals surface area contributed by atoms with Crippen molar-refractivity contribution in [2.45, 2.75) is 11.7 Å². The summed E-state index contributed by atoms with van der Waals surface area (Å²) in [5.41, 5.74) is 0.437. The molecule has 0 radical (unpaired) electrons. The molecule has 28 heavy (non-hydrogen) atoms. The maximum Gasteiger partial charge on any atom is 0.378 e. The largest absolute Gasteiger partial charge is 0.493 e. The van der Waals surface area contributed by atoms with Crippen molar-refractivity contribution in [2.24, 2.45) is 0 Å². The van der Waals surface area contributed by atoms with Crippen molar-refractivity contribution in [1.29, 1.82) is 0 Å². The lowest BCUT2D eigenvalue weighted by atomic mass is 9.79. The van der Waals surface area contributed by atoms with Crippen molar-refractivity contribution in [3.8, 4) is 17.2 Å². The Bertz CT molecular complexity index is 932. The highest BCUT2D eigenvalue weighted by Crippen LogP contribution is 2.48. The van der Waals surface area contributed by atoms with E-state index in [4.69, 9.17) is 30.5 Å². The number of cyclic esters (lactones) is 1. The van der Waals surface area contributed by atoms with E-state index in [1.54, 1.807) is 6.07 Å². The van der Waals surface area contributed by atoms with E-state index in [0.29, 0.717) is 0 Å². The predicted octanol–water partition coefficient (Wildman–Crippen LogP) is 2.44. The fourth-order valence-electron chi connectivity index (χ4n) is 3.30. The number of hydrogen-bond donors (Lipinski definition) is 2. The van der Waals surface area contributed by atoms with E-state index in [9.17, 15) is 19.8 Å². The van der Waals surface area contributed by atoms with Crippen LogP contribution in [-0.2, 0) is 9.53 Å². The standard InChI is InChI=1S/C19H17ClO8/c1-25-12-7-9(8-13(26-2)16(12)27-3)15-10-5-4-6-11(20)14(10)17(21)28-19(15,24)18(22)23/h4-8,15,24H,1-3H3,(H,22,23). The maximum absolute atomic E-state index is 12.4. The number of halogens is 1. The van der Waals surface area contributed by atoms with Crippen LogP contribution in [0.1, 0.15) is 27.4 Å². The van der Waals surface area contributed by atoms with Gasteiger partial charge in [-0.2, -0.15) is 0 Å². The number of hydrogen-bond acceptors (Lipinski definition) is 7. The molecule has 2 aromatic rings. The zero-order valence-electron chi connectivity index (χ0n) is 15.2. The minimum absolute atomic E-state index is 0.0196. The summed E-state index contributed by atoms with van der Waals surface area (Å²) in [4.78, 5) is 24.2. The number of rotatable bonds is 5. The van der Waals surface area contributed by atoms with Crippen LogP contribution in [0.4, 0.5) is 0 Å². The number of aliphatic hydroxyl groups is 1. The van der Waals surface area contributed by atoms with Gasteiger partial charge in [0.2, 0.25) is 5.75 Å². The molecule has 148 valence electrons. The highest BCUT2D eigenvalue weighted by atomic mass is 35.5. The van der Waals surface area contributed by atoms with Crippen LogP contribution in [0.15, 0.2) is 30.3 Å². The van der Waals surface area contributed by atoms with Crippen LogP contribution in [0.2, 0.25) is 5.02 Å². The van der Waals surface area contributed by atoms with Crippen molar-refractivity contribution in [1.82, 2.24) is 0 Å². The van der Waals surface area contributed by atoms with Gasteiger partial charge in [0.25, 0.3) is 0 Å². The number of carbonyl (C=O) groups is 2. The van der Waals surface area contributed by atoms with Crippen LogP contribution in [0.25, 0.3) is 0 Å². The fraction of sp³-hybridized carbons (Fsp3) is 0.263. The highest BCUT2D eigenvalue weighted by Gasteiger charge is 2.55. The maximum atomic E-state index is 12.4. The van der Waals surface area contributed by atoms with Crippen molar-refractivity contribution in [3.05, 3.63) is 52.0 Å². The number of methoxy groups -OCH3 is 3. The first-order chi connectivity index (χ1) is 13.3. The summed E-state index contributed by atoms with van der Waals surface area (Å²) in [6.07, 6.45) is 0. The van der Waals surface area contributed by atoms with Gasteiger partial charge >= 0.3 is 17.7 Å². The topological polar surface area (TPSA) is 112 Å². The van der Waals surface area contributed by atoms with Gasteiger partial charge in [-0.1, -0.05) is 23.7 Å². The van der Waals surface area contributed by atoms with Gasteiger partial charge in [0.05, 0.1) is 37.8 Å². The predicted molar refractivity (Wildman–Crippen MR) is 97.4 cm³/mol. The summed E-state index contributed by atoms with van der Waals surface area (Å²) in [5, 5.41) is 20.5. The van der Waals surface area contributed by atoms with Crippen LogP contribution < -0.4 is 14.2 Å². The number of carboxylic acids is 1. The first kappa shape index (κ1) is 19.8. The molecule has 0 saturated carbocycles. The second kappa shape index (κ2) is 7.21. The smallest absolute Gasteiger partial charge is 0.378 e. The number of aliphatic carboxylic acids is 1. The monoisotopic (exact) mass is 408 g/mol. The van der Waals surface area contributed by atoms with E-state index in [1.807, 2.05) is 0 Å². The molecule has 0 bridgehead atoms. The molecule has 9 heteroatoms. The Morgan fingerprint density at radius 3 is 2.25 bits per heavy atom. The van der Waals surface area contributed by atoms with Crippen molar-refractivity contribution in [2.75, 3.05) is 21.3 Å². The molecule has 0 amide bonds. The normalized spacial score (nSPS) is 20.8. The third kappa shape index (κ3) is 2.90. The Balaban J connectivity index is 2.34. The number of fused-ring (bicyclic) bond motifs is 1. The number of benzene rings is 2. The van der Waals surface area contributed by atoms with Gasteiger partial charge in [-0.05, 0) is 29.3 Å². The van der Waals surface area contributed by atoms with Crippen molar-refractivity contribution >= 4 is 23.5 Å². The molecule has 2 atom stereocenters. The second-order valence-electron chi connectivity index (χ2n) is 5.99. The van der Waals surface area contributed by atoms with Crippen LogP contribution in [0.5, 0.6) is 17.2 Å². The van der Waals surface area contributed by atoms with Crippen LogP contribution in [-0.4, -0.2) is 49.3 Å². The Labute approximate surface area is 165 Å². The fourth-order valence-corrected chi connectivity index (χ4v) is 3.56. The first-order valence-corrected chi connectivity index (χ1v) is 8.43. The van der Waals surface area contributed by atoms with E-state index in [1.165, 1.54) is 45.6 Å². The van der Waals surface area contributed by atoms with Gasteiger partial charge in [-0.25, -0.2) is 9.59 Å². The molecular formula is C19H17ClO8. The Hall–Kier alpha value is -2.97. The number of carbonyl (C=O) groups excluding carboxylic acids is 1. The molecule has 8 nitrogen and oxygen atoms in total. The summed E-state index contributed by atoms with van der Waals surface area (Å²) in [6.45, 7) is 0. The molecule has 0 fully saturated rings. The SMILES string of the molecule is COc1cc(C2c3cccc(Cl)c3C(=O)OC2(O)C(=O)O)cc(OC)c1OC. The van der Waals surface area contributed by atoms with E-state index < -0.39 is 23.6 Å². The molecule has 0 spiro atoms. The first-order valence-electron chi connectivity index (χ1n) is 8.05. The zero-order chi connectivity index (χ0) is 20.6. The van der Waals surface area contributed by atoms with Crippen LogP contribution in [0, 0.1) is 0 Å². The van der Waals surface area contributed by atoms with E-state index in [2.05, 4.69) is 0 Å². The molecule has 1 aliphatic rings. The molecule has 3 rings (SSSR count). The lowest BCUT2D eigenvalue weighted by molar-refractivity contribution is -0.211. The second-order valence-corrected chi connectivity index (χ2v) is 6.39. The Morgan fingerprint density at radius 2 is 1.75 bits per heavy atom. The third-order valence-corrected chi connectivity index (χ3v) is 4.84. The summed E-state index contributed by atoms with van der Waals surface area (Å²) in [5.74, 6) is -6.16. The van der Waals surface area contributed by atoms with E-state index in [-0.39, 0.29) is 39.0 Å². The van der Waals surface area contributed by atoms with Gasteiger partial charge < -0.3 is 29.2 Å². The number of ether oxygens (including phenoxy) is 4. The van der Waals surface area contributed by atoms with E-state index >= 15 is 0 Å². The summed E-state index contributed by atoms with van der Waals surface area (Å²) < 4.78 is 20.8. The van der Waals surface area contributed by atoms with Gasteiger partial charge in [0.15, 0.2) is 11.5 Å². The molecule has 0 saturated heterocycles.